The number of hydrogen-bond acceptors (Lipinski definition) is 4. The molecule has 0 aromatic heterocycles. The minimum atomic E-state index is -0.564. The Kier molecular flexibility index (Phi) is 3.49. The van der Waals surface area contributed by atoms with Crippen molar-refractivity contribution >= 4 is 35.1 Å². The third-order valence-corrected chi connectivity index (χ3v) is 5.50. The van der Waals surface area contributed by atoms with Gasteiger partial charge in [-0.25, -0.2) is 9.69 Å². The van der Waals surface area contributed by atoms with E-state index in [1.165, 1.54) is 17.0 Å². The van der Waals surface area contributed by atoms with E-state index in [0.29, 0.717) is 5.69 Å². The van der Waals surface area contributed by atoms with Crippen LogP contribution in [-0.2, 0) is 14.3 Å². The molecule has 2 amide bonds. The van der Waals surface area contributed by atoms with Crippen molar-refractivity contribution in [3.63, 3.8) is 0 Å². The molecule has 6 heteroatoms. The van der Waals surface area contributed by atoms with Crippen molar-refractivity contribution in [3.05, 3.63) is 40.9 Å². The fourth-order valence-corrected chi connectivity index (χ4v) is 4.37. The lowest BCUT2D eigenvalue weighted by molar-refractivity contribution is -0.123. The molecule has 3 aliphatic rings. The number of fused-ring (bicyclic) bond motifs is 5. The number of carbonyl (C=O) groups is 3. The summed E-state index contributed by atoms with van der Waals surface area (Å²) in [7, 11) is 0. The molecule has 124 valence electrons. The van der Waals surface area contributed by atoms with Gasteiger partial charge in [-0.15, -0.1) is 0 Å². The van der Waals surface area contributed by atoms with E-state index in [1.54, 1.807) is 13.0 Å². The van der Waals surface area contributed by atoms with Gasteiger partial charge in [-0.05, 0) is 43.4 Å². The summed E-state index contributed by atoms with van der Waals surface area (Å²) in [4.78, 5) is 38.8. The van der Waals surface area contributed by atoms with Crippen LogP contribution in [0.25, 0.3) is 0 Å². The zero-order valence-corrected chi connectivity index (χ0v) is 13.8. The Balaban J connectivity index is 1.70. The topological polar surface area (TPSA) is 63.7 Å². The third kappa shape index (κ3) is 2.04. The molecule has 1 heterocycles. The number of rotatable bonds is 3. The van der Waals surface area contributed by atoms with E-state index in [1.807, 2.05) is 12.2 Å². The molecule has 1 aliphatic heterocycles. The minimum absolute atomic E-state index is 0.151. The van der Waals surface area contributed by atoms with Crippen LogP contribution in [0.3, 0.4) is 0 Å². The second-order valence-corrected chi connectivity index (χ2v) is 6.80. The Labute approximate surface area is 144 Å². The lowest BCUT2D eigenvalue weighted by atomic mass is 9.85. The van der Waals surface area contributed by atoms with Crippen molar-refractivity contribution < 1.29 is 19.1 Å². The first-order valence-electron chi connectivity index (χ1n) is 8.05. The molecule has 2 bridgehead atoms. The summed E-state index contributed by atoms with van der Waals surface area (Å²) in [6.45, 7) is 1.92. The van der Waals surface area contributed by atoms with Gasteiger partial charge >= 0.3 is 5.97 Å². The molecule has 1 aromatic carbocycles. The van der Waals surface area contributed by atoms with Crippen LogP contribution in [0.5, 0.6) is 0 Å². The molecule has 0 radical (unpaired) electrons. The van der Waals surface area contributed by atoms with Gasteiger partial charge in [-0.1, -0.05) is 23.8 Å². The van der Waals surface area contributed by atoms with Crippen molar-refractivity contribution in [1.29, 1.82) is 0 Å². The highest BCUT2D eigenvalue weighted by atomic mass is 35.5. The molecule has 0 unspecified atom stereocenters. The largest absolute Gasteiger partial charge is 0.462 e. The highest BCUT2D eigenvalue weighted by Gasteiger charge is 2.59. The second-order valence-electron chi connectivity index (χ2n) is 6.40. The van der Waals surface area contributed by atoms with E-state index in [9.17, 15) is 14.4 Å². The van der Waals surface area contributed by atoms with Gasteiger partial charge in [0.1, 0.15) is 0 Å². The average Bonchev–Trinajstić information content (AvgIpc) is 3.23. The van der Waals surface area contributed by atoms with Crippen molar-refractivity contribution in [3.8, 4) is 0 Å². The van der Waals surface area contributed by atoms with Crippen LogP contribution in [-0.4, -0.2) is 24.4 Å². The van der Waals surface area contributed by atoms with E-state index in [0.717, 1.165) is 6.42 Å². The van der Waals surface area contributed by atoms with Crippen LogP contribution < -0.4 is 4.90 Å². The molecular weight excluding hydrogens is 330 g/mol. The summed E-state index contributed by atoms with van der Waals surface area (Å²) in [6, 6.07) is 4.58. The van der Waals surface area contributed by atoms with Gasteiger partial charge in [0.15, 0.2) is 0 Å². The van der Waals surface area contributed by atoms with Crippen molar-refractivity contribution in [2.75, 3.05) is 11.5 Å². The Morgan fingerprint density at radius 3 is 2.42 bits per heavy atom. The minimum Gasteiger partial charge on any atom is -0.462 e. The maximum atomic E-state index is 12.8. The number of benzene rings is 1. The van der Waals surface area contributed by atoms with E-state index in [4.69, 9.17) is 16.3 Å². The SMILES string of the molecule is CCOC(=O)c1cc(N2C(=O)[C@@H]3[C@H](C2=O)[C@H]2C=C[C@H]3C2)ccc1Cl. The molecule has 2 fully saturated rings. The number of ether oxygens (including phenoxy) is 1. The number of halogens is 1. The van der Waals surface area contributed by atoms with E-state index >= 15 is 0 Å². The second kappa shape index (κ2) is 5.45. The summed E-state index contributed by atoms with van der Waals surface area (Å²) in [6.07, 6.45) is 4.98. The van der Waals surface area contributed by atoms with Crippen LogP contribution in [0.4, 0.5) is 5.69 Å². The zero-order chi connectivity index (χ0) is 17.0. The van der Waals surface area contributed by atoms with E-state index in [-0.39, 0.29) is 52.7 Å². The Hall–Kier alpha value is -2.14. The highest BCUT2D eigenvalue weighted by molar-refractivity contribution is 6.34. The van der Waals surface area contributed by atoms with Crippen LogP contribution in [0, 0.1) is 23.7 Å². The molecule has 4 rings (SSSR count). The molecule has 4 atom stereocenters. The van der Waals surface area contributed by atoms with Gasteiger partial charge < -0.3 is 4.74 Å². The first-order chi connectivity index (χ1) is 11.5. The number of allylic oxidation sites excluding steroid dienone is 2. The van der Waals surface area contributed by atoms with Gasteiger partial charge in [0.05, 0.1) is 34.7 Å². The first kappa shape index (κ1) is 15.4. The van der Waals surface area contributed by atoms with Gasteiger partial charge in [-0.2, -0.15) is 0 Å². The van der Waals surface area contributed by atoms with Gasteiger partial charge in [-0.3, -0.25) is 9.59 Å². The number of imide groups is 1. The number of esters is 1. The van der Waals surface area contributed by atoms with E-state index < -0.39 is 5.97 Å². The predicted octanol–water partition coefficient (Wildman–Crippen LogP) is 2.83. The molecule has 1 saturated carbocycles. The summed E-state index contributed by atoms with van der Waals surface area (Å²) < 4.78 is 4.98. The van der Waals surface area contributed by atoms with Crippen molar-refractivity contribution in [2.24, 2.45) is 23.7 Å². The van der Waals surface area contributed by atoms with Gasteiger partial charge in [0.25, 0.3) is 0 Å². The summed E-state index contributed by atoms with van der Waals surface area (Å²) in [5.41, 5.74) is 0.543. The molecule has 24 heavy (non-hydrogen) atoms. The lowest BCUT2D eigenvalue weighted by Crippen LogP contribution is -2.33. The normalized spacial score (nSPS) is 30.2. The molecule has 2 aliphatic carbocycles. The Bertz CT molecular complexity index is 757. The standard InChI is InChI=1S/C18H16ClNO4/c1-2-24-18(23)12-8-11(5-6-13(12)19)20-16(21)14-9-3-4-10(7-9)15(14)17(20)22/h3-6,8-10,14-15H,2,7H2,1H3/t9-,10-,14-,15+/m0/s1. The number of anilines is 1. The quantitative estimate of drug-likeness (QED) is 0.480. The Morgan fingerprint density at radius 2 is 1.83 bits per heavy atom. The molecule has 1 saturated heterocycles. The van der Waals surface area contributed by atoms with Crippen LogP contribution in [0.2, 0.25) is 5.02 Å². The van der Waals surface area contributed by atoms with Crippen LogP contribution in [0.1, 0.15) is 23.7 Å². The molecule has 0 spiro atoms. The summed E-state index contributed by atoms with van der Waals surface area (Å²) in [5, 5.41) is 0.234. The number of nitrogens with zero attached hydrogens (tertiary/aromatic N) is 1. The number of carbonyl (C=O) groups excluding carboxylic acids is 3. The van der Waals surface area contributed by atoms with Crippen molar-refractivity contribution in [1.82, 2.24) is 0 Å². The van der Waals surface area contributed by atoms with E-state index in [2.05, 4.69) is 0 Å². The number of hydrogen-bond donors (Lipinski definition) is 0. The molecular formula is C18H16ClNO4. The highest BCUT2D eigenvalue weighted by Crippen LogP contribution is 2.53. The number of amides is 2. The third-order valence-electron chi connectivity index (χ3n) is 5.17. The molecule has 5 nitrogen and oxygen atoms in total. The summed E-state index contributed by atoms with van der Waals surface area (Å²) >= 11 is 6.06. The molecule has 1 aromatic rings. The van der Waals surface area contributed by atoms with Crippen LogP contribution >= 0.6 is 11.6 Å². The lowest BCUT2D eigenvalue weighted by Gasteiger charge is -2.18. The average molecular weight is 346 g/mol. The van der Waals surface area contributed by atoms with Crippen molar-refractivity contribution in [2.45, 2.75) is 13.3 Å². The maximum absolute atomic E-state index is 12.8. The predicted molar refractivity (Wildman–Crippen MR) is 87.6 cm³/mol. The fraction of sp³-hybridized carbons (Fsp3) is 0.389. The first-order valence-corrected chi connectivity index (χ1v) is 8.43. The zero-order valence-electron chi connectivity index (χ0n) is 13.1. The maximum Gasteiger partial charge on any atom is 0.339 e. The fourth-order valence-electron chi connectivity index (χ4n) is 4.17. The summed E-state index contributed by atoms with van der Waals surface area (Å²) in [5.74, 6) is -1.16. The Morgan fingerprint density at radius 1 is 1.21 bits per heavy atom. The molecule has 0 N–H and O–H groups in total. The van der Waals surface area contributed by atoms with Gasteiger partial charge in [0.2, 0.25) is 11.8 Å². The van der Waals surface area contributed by atoms with Crippen LogP contribution in [0.15, 0.2) is 30.4 Å². The monoisotopic (exact) mass is 345 g/mol. The smallest absolute Gasteiger partial charge is 0.339 e. The van der Waals surface area contributed by atoms with Gasteiger partial charge in [0, 0.05) is 0 Å².